The predicted octanol–water partition coefficient (Wildman–Crippen LogP) is 2.63. The lowest BCUT2D eigenvalue weighted by Crippen LogP contribution is -2.38. The molecule has 0 bridgehead atoms. The van der Waals surface area contributed by atoms with E-state index in [0.29, 0.717) is 17.8 Å². The lowest BCUT2D eigenvalue weighted by atomic mass is 9.78. The summed E-state index contributed by atoms with van der Waals surface area (Å²) in [5.74, 6) is 0.383. The molecule has 2 saturated heterocycles. The monoisotopic (exact) mass is 368 g/mol. The molecule has 1 spiro atoms. The van der Waals surface area contributed by atoms with Crippen molar-refractivity contribution >= 4 is 18.4 Å². The molecule has 2 aliphatic heterocycles. The summed E-state index contributed by atoms with van der Waals surface area (Å²) in [6, 6.07) is 8.05. The van der Waals surface area contributed by atoms with E-state index in [2.05, 4.69) is 22.3 Å². The van der Waals surface area contributed by atoms with Crippen LogP contribution in [0, 0.1) is 5.41 Å². The van der Waals surface area contributed by atoms with E-state index >= 15 is 0 Å². The molecule has 6 heteroatoms. The Morgan fingerprint density at radius 3 is 2.60 bits per heavy atom. The quantitative estimate of drug-likeness (QED) is 0.782. The normalized spacial score (nSPS) is 19.4. The number of nitrogens with zero attached hydrogens (tertiary/aromatic N) is 1. The summed E-state index contributed by atoms with van der Waals surface area (Å²) < 4.78 is 10.3. The van der Waals surface area contributed by atoms with Crippen molar-refractivity contribution in [2.75, 3.05) is 39.4 Å². The summed E-state index contributed by atoms with van der Waals surface area (Å²) in [7, 11) is 0. The molecule has 25 heavy (non-hydrogen) atoms. The van der Waals surface area contributed by atoms with E-state index in [1.807, 2.05) is 12.1 Å². The molecule has 0 unspecified atom stereocenters. The van der Waals surface area contributed by atoms with E-state index in [0.717, 1.165) is 6.54 Å². The Bertz CT molecular complexity index is 544. The van der Waals surface area contributed by atoms with Gasteiger partial charge >= 0.3 is 5.97 Å². The van der Waals surface area contributed by atoms with Gasteiger partial charge in [0.05, 0.1) is 6.61 Å². The second kappa shape index (κ2) is 9.41. The van der Waals surface area contributed by atoms with Crippen LogP contribution >= 0.6 is 12.4 Å². The zero-order chi connectivity index (χ0) is 16.8. The van der Waals surface area contributed by atoms with Crippen molar-refractivity contribution in [3.63, 3.8) is 0 Å². The molecular formula is C19H29ClN2O3. The Morgan fingerprint density at radius 2 is 1.92 bits per heavy atom. The number of halogens is 1. The third-order valence-corrected chi connectivity index (χ3v) is 5.17. The number of ether oxygens (including phenoxy) is 2. The number of esters is 1. The summed E-state index contributed by atoms with van der Waals surface area (Å²) in [6.45, 7) is 7.88. The van der Waals surface area contributed by atoms with Gasteiger partial charge in [-0.15, -0.1) is 12.4 Å². The first kappa shape index (κ1) is 20.0. The summed E-state index contributed by atoms with van der Waals surface area (Å²) in [6.07, 6.45) is 3.95. The Hall–Kier alpha value is -1.30. The lowest BCUT2D eigenvalue weighted by Gasteiger charge is -2.33. The Balaban J connectivity index is 0.00000225. The van der Waals surface area contributed by atoms with Crippen molar-refractivity contribution in [1.82, 2.24) is 10.2 Å². The number of carbonyl (C=O) groups excluding carboxylic acids is 1. The number of hydrogen-bond donors (Lipinski definition) is 1. The van der Waals surface area contributed by atoms with Crippen LogP contribution in [0.2, 0.25) is 0 Å². The SMILES string of the molecule is CCOC(=O)COc1ccc(CN2CCC3(CCNCC3)C2)cc1.Cl. The molecular weight excluding hydrogens is 340 g/mol. The molecule has 2 fully saturated rings. The summed E-state index contributed by atoms with van der Waals surface area (Å²) in [5.41, 5.74) is 1.85. The lowest BCUT2D eigenvalue weighted by molar-refractivity contribution is -0.145. The van der Waals surface area contributed by atoms with Crippen LogP contribution in [0.25, 0.3) is 0 Å². The molecule has 0 atom stereocenters. The number of carbonyl (C=O) groups is 1. The number of hydrogen-bond acceptors (Lipinski definition) is 5. The van der Waals surface area contributed by atoms with Crippen LogP contribution in [0.3, 0.4) is 0 Å². The summed E-state index contributed by atoms with van der Waals surface area (Å²) in [4.78, 5) is 13.9. The zero-order valence-corrected chi connectivity index (χ0v) is 15.8. The maximum atomic E-state index is 11.3. The fraction of sp³-hybridized carbons (Fsp3) is 0.632. The molecule has 2 aliphatic rings. The van der Waals surface area contributed by atoms with Crippen LogP contribution in [-0.4, -0.2) is 50.3 Å². The van der Waals surface area contributed by atoms with Gasteiger partial charge in [0, 0.05) is 13.1 Å². The molecule has 3 rings (SSSR count). The van der Waals surface area contributed by atoms with Crippen molar-refractivity contribution < 1.29 is 14.3 Å². The van der Waals surface area contributed by atoms with Gasteiger partial charge in [-0.05, 0) is 68.9 Å². The van der Waals surface area contributed by atoms with Crippen LogP contribution in [0.5, 0.6) is 5.75 Å². The number of piperidine rings is 1. The highest BCUT2D eigenvalue weighted by Crippen LogP contribution is 2.39. The van der Waals surface area contributed by atoms with Gasteiger partial charge < -0.3 is 14.8 Å². The molecule has 2 heterocycles. The van der Waals surface area contributed by atoms with Gasteiger partial charge in [-0.1, -0.05) is 12.1 Å². The number of nitrogens with one attached hydrogen (secondary N) is 1. The van der Waals surface area contributed by atoms with Gasteiger partial charge in [-0.25, -0.2) is 4.79 Å². The molecule has 0 radical (unpaired) electrons. The van der Waals surface area contributed by atoms with E-state index in [1.165, 1.54) is 51.0 Å². The highest BCUT2D eigenvalue weighted by molar-refractivity contribution is 5.85. The minimum Gasteiger partial charge on any atom is -0.482 e. The molecule has 140 valence electrons. The molecule has 0 saturated carbocycles. The van der Waals surface area contributed by atoms with Crippen LogP contribution in [-0.2, 0) is 16.1 Å². The average molecular weight is 369 g/mol. The molecule has 1 aromatic rings. The Morgan fingerprint density at radius 1 is 1.20 bits per heavy atom. The van der Waals surface area contributed by atoms with Gasteiger partial charge in [0.15, 0.2) is 6.61 Å². The van der Waals surface area contributed by atoms with Crippen LogP contribution in [0.4, 0.5) is 0 Å². The van der Waals surface area contributed by atoms with Gasteiger partial charge in [0.1, 0.15) is 5.75 Å². The van der Waals surface area contributed by atoms with Gasteiger partial charge in [0.2, 0.25) is 0 Å². The Kier molecular flexibility index (Phi) is 7.54. The van der Waals surface area contributed by atoms with E-state index in [-0.39, 0.29) is 25.0 Å². The van der Waals surface area contributed by atoms with Crippen LogP contribution in [0.15, 0.2) is 24.3 Å². The topological polar surface area (TPSA) is 50.8 Å². The summed E-state index contributed by atoms with van der Waals surface area (Å²) >= 11 is 0. The minimum atomic E-state index is -0.328. The Labute approximate surface area is 156 Å². The van der Waals surface area contributed by atoms with Gasteiger partial charge in [-0.3, -0.25) is 4.90 Å². The number of likely N-dealkylation sites (tertiary alicyclic amines) is 1. The fourth-order valence-corrected chi connectivity index (χ4v) is 3.82. The molecule has 0 aromatic heterocycles. The van der Waals surface area contributed by atoms with E-state index in [4.69, 9.17) is 9.47 Å². The predicted molar refractivity (Wildman–Crippen MR) is 100 cm³/mol. The third-order valence-electron chi connectivity index (χ3n) is 5.17. The first-order valence-corrected chi connectivity index (χ1v) is 9.00. The largest absolute Gasteiger partial charge is 0.482 e. The van der Waals surface area contributed by atoms with E-state index < -0.39 is 0 Å². The maximum absolute atomic E-state index is 11.3. The first-order chi connectivity index (χ1) is 11.7. The van der Waals surface area contributed by atoms with Gasteiger partial charge in [0.25, 0.3) is 0 Å². The molecule has 1 N–H and O–H groups in total. The summed E-state index contributed by atoms with van der Waals surface area (Å²) in [5, 5.41) is 3.47. The van der Waals surface area contributed by atoms with Crippen molar-refractivity contribution in [3.05, 3.63) is 29.8 Å². The maximum Gasteiger partial charge on any atom is 0.344 e. The highest BCUT2D eigenvalue weighted by Gasteiger charge is 2.38. The second-order valence-corrected chi connectivity index (χ2v) is 6.95. The first-order valence-electron chi connectivity index (χ1n) is 9.00. The van der Waals surface area contributed by atoms with E-state index in [1.54, 1.807) is 6.92 Å². The minimum absolute atomic E-state index is 0. The standard InChI is InChI=1S/C19H28N2O3.ClH/c1-2-23-18(22)14-24-17-5-3-16(4-6-17)13-21-12-9-19(15-21)7-10-20-11-8-19;/h3-6,20H,2,7-15H2,1H3;1H. The van der Waals surface area contributed by atoms with Crippen molar-refractivity contribution in [2.45, 2.75) is 32.7 Å². The van der Waals surface area contributed by atoms with Crippen molar-refractivity contribution in [1.29, 1.82) is 0 Å². The molecule has 0 amide bonds. The number of benzene rings is 1. The molecule has 5 nitrogen and oxygen atoms in total. The van der Waals surface area contributed by atoms with Crippen LogP contribution in [0.1, 0.15) is 31.7 Å². The molecule has 1 aromatic carbocycles. The van der Waals surface area contributed by atoms with E-state index in [9.17, 15) is 4.79 Å². The highest BCUT2D eigenvalue weighted by atomic mass is 35.5. The third kappa shape index (κ3) is 5.59. The fourth-order valence-electron chi connectivity index (χ4n) is 3.82. The molecule has 0 aliphatic carbocycles. The number of rotatable bonds is 6. The second-order valence-electron chi connectivity index (χ2n) is 6.95. The van der Waals surface area contributed by atoms with Gasteiger partial charge in [-0.2, -0.15) is 0 Å². The average Bonchev–Trinajstić information content (AvgIpc) is 2.97. The zero-order valence-electron chi connectivity index (χ0n) is 15.0. The van der Waals surface area contributed by atoms with Crippen molar-refractivity contribution in [3.8, 4) is 5.75 Å². The van der Waals surface area contributed by atoms with Crippen molar-refractivity contribution in [2.24, 2.45) is 5.41 Å². The smallest absolute Gasteiger partial charge is 0.344 e. The van der Waals surface area contributed by atoms with Crippen LogP contribution < -0.4 is 10.1 Å².